The lowest BCUT2D eigenvalue weighted by molar-refractivity contribution is 0.0928. The normalized spacial score (nSPS) is 22.9. The van der Waals surface area contributed by atoms with E-state index in [4.69, 9.17) is 0 Å². The van der Waals surface area contributed by atoms with E-state index in [-0.39, 0.29) is 5.91 Å². The zero-order valence-corrected chi connectivity index (χ0v) is 12.2. The highest BCUT2D eigenvalue weighted by molar-refractivity contribution is 7.99. The van der Waals surface area contributed by atoms with Crippen molar-refractivity contribution in [2.24, 2.45) is 0 Å². The maximum Gasteiger partial charge on any atom is 0.251 e. The van der Waals surface area contributed by atoms with Crippen LogP contribution in [0.15, 0.2) is 18.2 Å². The summed E-state index contributed by atoms with van der Waals surface area (Å²) in [6, 6.07) is 5.69. The Morgan fingerprint density at radius 1 is 1.35 bits per heavy atom. The number of benzene rings is 1. The molecule has 5 nitrogen and oxygen atoms in total. The van der Waals surface area contributed by atoms with E-state index in [0.29, 0.717) is 16.9 Å². The summed E-state index contributed by atoms with van der Waals surface area (Å²) < 4.78 is 0. The third kappa shape index (κ3) is 2.80. The van der Waals surface area contributed by atoms with Crippen molar-refractivity contribution in [3.63, 3.8) is 0 Å². The number of rotatable bonds is 3. The Morgan fingerprint density at radius 2 is 2.20 bits per heavy atom. The Kier molecular flexibility index (Phi) is 3.91. The molecule has 0 radical (unpaired) electrons. The standard InChI is InChI=1S/C14H18N4OS/c1-20-11-4-2-3-10(8-11)15-14(19)9-5-6-12-13(7-9)17-18-16-12/h5-7,10-11H,2-4,8H2,1H3,(H,15,19)(H,16,17,18)/t10-,11-/m1/s1. The van der Waals surface area contributed by atoms with E-state index in [0.717, 1.165) is 23.9 Å². The Morgan fingerprint density at radius 3 is 3.05 bits per heavy atom. The molecule has 2 N–H and O–H groups in total. The van der Waals surface area contributed by atoms with Gasteiger partial charge in [0.25, 0.3) is 5.91 Å². The number of thioether (sulfide) groups is 1. The van der Waals surface area contributed by atoms with Gasteiger partial charge in [0.05, 0.1) is 0 Å². The minimum Gasteiger partial charge on any atom is -0.349 e. The summed E-state index contributed by atoms with van der Waals surface area (Å²) in [5.41, 5.74) is 2.16. The minimum atomic E-state index is -0.0124. The Hall–Kier alpha value is -1.56. The number of fused-ring (bicyclic) bond motifs is 1. The molecule has 0 saturated heterocycles. The topological polar surface area (TPSA) is 70.7 Å². The van der Waals surface area contributed by atoms with Gasteiger partial charge in [0, 0.05) is 16.9 Å². The molecule has 1 saturated carbocycles. The molecule has 1 aromatic carbocycles. The molecule has 0 aliphatic heterocycles. The molecule has 0 spiro atoms. The quantitative estimate of drug-likeness (QED) is 0.910. The van der Waals surface area contributed by atoms with Gasteiger partial charge in [-0.25, -0.2) is 0 Å². The highest BCUT2D eigenvalue weighted by Gasteiger charge is 2.23. The van der Waals surface area contributed by atoms with Crippen molar-refractivity contribution in [2.45, 2.75) is 37.0 Å². The van der Waals surface area contributed by atoms with Crippen LogP contribution in [0.3, 0.4) is 0 Å². The zero-order valence-electron chi connectivity index (χ0n) is 11.4. The number of carbonyl (C=O) groups excluding carboxylic acids is 1. The maximum atomic E-state index is 12.3. The van der Waals surface area contributed by atoms with E-state index in [1.165, 1.54) is 12.8 Å². The molecule has 1 aliphatic rings. The molecule has 1 heterocycles. The summed E-state index contributed by atoms with van der Waals surface area (Å²) in [7, 11) is 0. The van der Waals surface area contributed by atoms with Crippen molar-refractivity contribution in [3.05, 3.63) is 23.8 Å². The molecule has 6 heteroatoms. The second-order valence-electron chi connectivity index (χ2n) is 5.22. The molecule has 1 fully saturated rings. The number of nitrogens with one attached hydrogen (secondary N) is 2. The lowest BCUT2D eigenvalue weighted by atomic mass is 9.94. The van der Waals surface area contributed by atoms with Crippen LogP contribution in [-0.4, -0.2) is 38.9 Å². The van der Waals surface area contributed by atoms with Crippen molar-refractivity contribution < 1.29 is 4.79 Å². The highest BCUT2D eigenvalue weighted by Crippen LogP contribution is 2.27. The molecule has 20 heavy (non-hydrogen) atoms. The van der Waals surface area contributed by atoms with Gasteiger partial charge in [-0.15, -0.1) is 0 Å². The Labute approximate surface area is 121 Å². The van der Waals surface area contributed by atoms with Crippen molar-refractivity contribution in [1.82, 2.24) is 20.7 Å². The van der Waals surface area contributed by atoms with Crippen molar-refractivity contribution in [2.75, 3.05) is 6.26 Å². The van der Waals surface area contributed by atoms with Gasteiger partial charge >= 0.3 is 0 Å². The van der Waals surface area contributed by atoms with Crippen molar-refractivity contribution >= 4 is 28.7 Å². The fraction of sp³-hybridized carbons (Fsp3) is 0.500. The zero-order chi connectivity index (χ0) is 13.9. The van der Waals surface area contributed by atoms with Crippen LogP contribution in [0.4, 0.5) is 0 Å². The third-order valence-corrected chi connectivity index (χ3v) is 4.97. The van der Waals surface area contributed by atoms with E-state index < -0.39 is 0 Å². The average Bonchev–Trinajstić information content (AvgIpc) is 2.94. The first-order chi connectivity index (χ1) is 9.76. The maximum absolute atomic E-state index is 12.3. The minimum absolute atomic E-state index is 0.0124. The van der Waals surface area contributed by atoms with Crippen molar-refractivity contribution in [3.8, 4) is 0 Å². The molecule has 0 unspecified atom stereocenters. The molecular formula is C14H18N4OS. The van der Waals surface area contributed by atoms with E-state index in [9.17, 15) is 4.79 Å². The van der Waals surface area contributed by atoms with Gasteiger partial charge in [-0.3, -0.25) is 4.79 Å². The number of hydrogen-bond donors (Lipinski definition) is 2. The molecule has 0 bridgehead atoms. The number of carbonyl (C=O) groups is 1. The van der Waals surface area contributed by atoms with Crippen LogP contribution in [0.5, 0.6) is 0 Å². The van der Waals surface area contributed by atoms with Crippen LogP contribution >= 0.6 is 11.8 Å². The van der Waals surface area contributed by atoms with Gasteiger partial charge < -0.3 is 5.32 Å². The molecule has 1 amide bonds. The number of aromatic nitrogens is 3. The van der Waals surface area contributed by atoms with Crippen LogP contribution in [-0.2, 0) is 0 Å². The van der Waals surface area contributed by atoms with E-state index >= 15 is 0 Å². The third-order valence-electron chi connectivity index (χ3n) is 3.87. The monoisotopic (exact) mass is 290 g/mol. The summed E-state index contributed by atoms with van der Waals surface area (Å²) in [4.78, 5) is 12.3. The molecule has 1 aromatic heterocycles. The summed E-state index contributed by atoms with van der Waals surface area (Å²) in [5.74, 6) is -0.0124. The lowest BCUT2D eigenvalue weighted by Gasteiger charge is -2.28. The smallest absolute Gasteiger partial charge is 0.251 e. The summed E-state index contributed by atoms with van der Waals surface area (Å²) >= 11 is 1.90. The van der Waals surface area contributed by atoms with Crippen LogP contribution < -0.4 is 5.32 Å². The first-order valence-electron chi connectivity index (χ1n) is 6.90. The van der Waals surface area contributed by atoms with E-state index in [1.54, 1.807) is 12.1 Å². The number of H-pyrrole nitrogens is 1. The molecule has 2 aromatic rings. The van der Waals surface area contributed by atoms with Crippen molar-refractivity contribution in [1.29, 1.82) is 0 Å². The van der Waals surface area contributed by atoms with E-state index in [2.05, 4.69) is 27.0 Å². The Balaban J connectivity index is 1.69. The van der Waals surface area contributed by atoms with Crippen LogP contribution in [0.1, 0.15) is 36.0 Å². The predicted molar refractivity (Wildman–Crippen MR) is 80.9 cm³/mol. The first-order valence-corrected chi connectivity index (χ1v) is 8.19. The Bertz CT molecular complexity index is 612. The molecule has 3 rings (SSSR count). The first kappa shape index (κ1) is 13.4. The number of aromatic amines is 1. The van der Waals surface area contributed by atoms with Gasteiger partial charge in [0.1, 0.15) is 11.0 Å². The fourth-order valence-electron chi connectivity index (χ4n) is 2.74. The fourth-order valence-corrected chi connectivity index (χ4v) is 3.57. The van der Waals surface area contributed by atoms with Gasteiger partial charge in [0.2, 0.25) is 0 Å². The second kappa shape index (κ2) is 5.83. The number of amides is 1. The number of hydrogen-bond acceptors (Lipinski definition) is 4. The predicted octanol–water partition coefficient (Wildman–Crippen LogP) is 2.36. The van der Waals surface area contributed by atoms with Gasteiger partial charge in [-0.2, -0.15) is 27.2 Å². The van der Waals surface area contributed by atoms with Gasteiger partial charge in [-0.05, 0) is 43.7 Å². The van der Waals surface area contributed by atoms with Crippen LogP contribution in [0.25, 0.3) is 11.0 Å². The average molecular weight is 290 g/mol. The molecule has 106 valence electrons. The summed E-state index contributed by atoms with van der Waals surface area (Å²) in [5, 5.41) is 14.4. The van der Waals surface area contributed by atoms with Gasteiger partial charge in [-0.1, -0.05) is 6.42 Å². The number of nitrogens with zero attached hydrogens (tertiary/aromatic N) is 2. The van der Waals surface area contributed by atoms with Gasteiger partial charge in [0.15, 0.2) is 0 Å². The SMILES string of the molecule is CS[C@@H]1CCC[C@@H](NC(=O)c2ccc3n[nH]nc3c2)C1. The van der Waals surface area contributed by atoms with E-state index in [1.807, 2.05) is 17.8 Å². The second-order valence-corrected chi connectivity index (χ2v) is 6.36. The summed E-state index contributed by atoms with van der Waals surface area (Å²) in [6.45, 7) is 0. The molecular weight excluding hydrogens is 272 g/mol. The largest absolute Gasteiger partial charge is 0.349 e. The van der Waals surface area contributed by atoms with Crippen LogP contribution in [0, 0.1) is 0 Å². The molecule has 1 aliphatic carbocycles. The highest BCUT2D eigenvalue weighted by atomic mass is 32.2. The summed E-state index contributed by atoms with van der Waals surface area (Å²) in [6.07, 6.45) is 6.75. The van der Waals surface area contributed by atoms with Crippen LogP contribution in [0.2, 0.25) is 0 Å². The lowest BCUT2D eigenvalue weighted by Crippen LogP contribution is -2.39. The molecule has 2 atom stereocenters.